The molecule has 0 saturated carbocycles. The van der Waals surface area contributed by atoms with Crippen LogP contribution in [0.3, 0.4) is 0 Å². The summed E-state index contributed by atoms with van der Waals surface area (Å²) in [6, 6.07) is 6.54. The van der Waals surface area contributed by atoms with Gasteiger partial charge in [0.2, 0.25) is 0 Å². The Hall–Kier alpha value is -1.59. The number of benzene rings is 1. The molecule has 1 saturated heterocycles. The molecule has 1 aliphatic rings. The van der Waals surface area contributed by atoms with Gasteiger partial charge in [0.15, 0.2) is 0 Å². The van der Waals surface area contributed by atoms with E-state index in [4.69, 9.17) is 0 Å². The molecule has 0 unspecified atom stereocenters. The molecule has 0 aliphatic carbocycles. The average Bonchev–Trinajstić information content (AvgIpc) is 2.82. The van der Waals surface area contributed by atoms with Gasteiger partial charge in [0, 0.05) is 18.4 Å². The molecule has 1 aliphatic heterocycles. The fraction of sp³-hybridized carbons (Fsp3) is 0.357. The molecule has 1 fully saturated rings. The number of rotatable bonds is 2. The van der Waals surface area contributed by atoms with Gasteiger partial charge >= 0.3 is 5.69 Å². The summed E-state index contributed by atoms with van der Waals surface area (Å²) in [5.41, 5.74) is 0.136. The van der Waals surface area contributed by atoms with Crippen molar-refractivity contribution in [1.82, 2.24) is 14.5 Å². The lowest BCUT2D eigenvalue weighted by Gasteiger charge is -2.23. The fourth-order valence-electron chi connectivity index (χ4n) is 2.58. The van der Waals surface area contributed by atoms with Gasteiger partial charge in [-0.2, -0.15) is 0 Å². The zero-order valence-electron chi connectivity index (χ0n) is 11.0. The normalized spacial score (nSPS) is 15.8. The number of nitrogens with zero attached hydrogens (tertiary/aromatic N) is 2. The van der Waals surface area contributed by atoms with Crippen LogP contribution in [0.15, 0.2) is 41.5 Å². The van der Waals surface area contributed by atoms with Crippen LogP contribution in [0.25, 0.3) is 5.69 Å². The Balaban J connectivity index is 0.00000147. The summed E-state index contributed by atoms with van der Waals surface area (Å²) < 4.78 is 16.8. The largest absolute Gasteiger partial charge is 0.333 e. The highest BCUT2D eigenvalue weighted by atomic mass is 35.5. The van der Waals surface area contributed by atoms with E-state index in [9.17, 15) is 9.18 Å². The van der Waals surface area contributed by atoms with Crippen LogP contribution in [0.1, 0.15) is 18.9 Å². The van der Waals surface area contributed by atoms with Crippen molar-refractivity contribution in [2.24, 2.45) is 0 Å². The summed E-state index contributed by atoms with van der Waals surface area (Å²) in [6.45, 7) is 1.84. The zero-order chi connectivity index (χ0) is 13.2. The molecule has 1 aromatic carbocycles. The van der Waals surface area contributed by atoms with Gasteiger partial charge in [-0.25, -0.2) is 9.18 Å². The molecule has 0 amide bonds. The van der Waals surface area contributed by atoms with Gasteiger partial charge in [0.1, 0.15) is 5.82 Å². The number of hydrogen-bond donors (Lipinski definition) is 1. The van der Waals surface area contributed by atoms with E-state index in [-0.39, 0.29) is 30.0 Å². The highest BCUT2D eigenvalue weighted by molar-refractivity contribution is 5.85. The van der Waals surface area contributed by atoms with Gasteiger partial charge in [-0.05, 0) is 38.1 Å². The molecule has 108 valence electrons. The van der Waals surface area contributed by atoms with Crippen LogP contribution >= 0.6 is 12.4 Å². The Morgan fingerprint density at radius 2 is 1.85 bits per heavy atom. The highest BCUT2D eigenvalue weighted by Gasteiger charge is 2.18. The maximum Gasteiger partial charge on any atom is 0.333 e. The summed E-state index contributed by atoms with van der Waals surface area (Å²) in [4.78, 5) is 12.4. The molecule has 1 aromatic heterocycles. The summed E-state index contributed by atoms with van der Waals surface area (Å²) in [5.74, 6) is -0.382. The van der Waals surface area contributed by atoms with E-state index in [1.54, 1.807) is 35.2 Å². The molecule has 4 nitrogen and oxygen atoms in total. The van der Waals surface area contributed by atoms with Gasteiger partial charge in [-0.3, -0.25) is 9.13 Å². The minimum absolute atomic E-state index is 0. The molecule has 3 rings (SSSR count). The number of para-hydroxylation sites is 1. The average molecular weight is 298 g/mol. The van der Waals surface area contributed by atoms with Gasteiger partial charge in [0.25, 0.3) is 0 Å². The Bertz CT molecular complexity index is 631. The Labute approximate surface area is 122 Å². The topological polar surface area (TPSA) is 39.0 Å². The van der Waals surface area contributed by atoms with Gasteiger partial charge in [0.05, 0.1) is 5.69 Å². The first kappa shape index (κ1) is 14.8. The fourth-order valence-corrected chi connectivity index (χ4v) is 2.58. The maximum atomic E-state index is 13.7. The van der Waals surface area contributed by atoms with Crippen LogP contribution in [0.5, 0.6) is 0 Å². The van der Waals surface area contributed by atoms with E-state index in [1.807, 2.05) is 0 Å². The molecule has 1 N–H and O–H groups in total. The first-order valence-electron chi connectivity index (χ1n) is 6.52. The van der Waals surface area contributed by atoms with Crippen LogP contribution in [0.4, 0.5) is 4.39 Å². The number of piperidine rings is 1. The molecule has 20 heavy (non-hydrogen) atoms. The minimum atomic E-state index is -0.382. The monoisotopic (exact) mass is 297 g/mol. The molecular weight excluding hydrogens is 281 g/mol. The summed E-state index contributed by atoms with van der Waals surface area (Å²) in [7, 11) is 0. The first-order chi connectivity index (χ1) is 9.27. The van der Waals surface area contributed by atoms with Crippen LogP contribution < -0.4 is 11.0 Å². The van der Waals surface area contributed by atoms with Crippen molar-refractivity contribution in [2.75, 3.05) is 13.1 Å². The van der Waals surface area contributed by atoms with Crippen molar-refractivity contribution in [3.8, 4) is 5.69 Å². The number of halogens is 2. The Morgan fingerprint density at radius 1 is 1.15 bits per heavy atom. The lowest BCUT2D eigenvalue weighted by Crippen LogP contribution is -2.34. The lowest BCUT2D eigenvalue weighted by molar-refractivity contribution is 0.360. The van der Waals surface area contributed by atoms with Crippen molar-refractivity contribution >= 4 is 12.4 Å². The van der Waals surface area contributed by atoms with Gasteiger partial charge in [-0.15, -0.1) is 12.4 Å². The van der Waals surface area contributed by atoms with Crippen molar-refractivity contribution in [3.05, 3.63) is 53.0 Å². The molecule has 0 radical (unpaired) electrons. The van der Waals surface area contributed by atoms with E-state index < -0.39 is 0 Å². The third kappa shape index (κ3) is 2.64. The van der Waals surface area contributed by atoms with Crippen molar-refractivity contribution < 1.29 is 4.39 Å². The second-order valence-electron chi connectivity index (χ2n) is 4.79. The second-order valence-corrected chi connectivity index (χ2v) is 4.79. The number of hydrogen-bond acceptors (Lipinski definition) is 2. The third-order valence-electron chi connectivity index (χ3n) is 3.62. The van der Waals surface area contributed by atoms with Gasteiger partial charge < -0.3 is 5.32 Å². The van der Waals surface area contributed by atoms with Crippen LogP contribution in [-0.4, -0.2) is 22.2 Å². The molecule has 0 bridgehead atoms. The van der Waals surface area contributed by atoms with E-state index >= 15 is 0 Å². The SMILES string of the molecule is Cl.O=c1n(-c2ccccc2F)ccn1C1CCNCC1. The highest BCUT2D eigenvalue weighted by Crippen LogP contribution is 2.17. The predicted octanol–water partition coefficient (Wildman–Crippen LogP) is 2.12. The quantitative estimate of drug-likeness (QED) is 0.922. The van der Waals surface area contributed by atoms with E-state index in [0.717, 1.165) is 25.9 Å². The predicted molar refractivity (Wildman–Crippen MR) is 78.4 cm³/mol. The van der Waals surface area contributed by atoms with Crippen molar-refractivity contribution in [2.45, 2.75) is 18.9 Å². The molecule has 0 atom stereocenters. The smallest absolute Gasteiger partial charge is 0.317 e. The van der Waals surface area contributed by atoms with E-state index in [1.165, 1.54) is 10.6 Å². The van der Waals surface area contributed by atoms with Crippen LogP contribution in [-0.2, 0) is 0 Å². The summed E-state index contributed by atoms with van der Waals surface area (Å²) in [5, 5.41) is 3.27. The van der Waals surface area contributed by atoms with E-state index in [2.05, 4.69) is 5.32 Å². The summed E-state index contributed by atoms with van der Waals surface area (Å²) in [6.07, 6.45) is 5.26. The number of aromatic nitrogens is 2. The second kappa shape index (κ2) is 6.24. The molecule has 2 heterocycles. The number of imidazole rings is 1. The van der Waals surface area contributed by atoms with Crippen molar-refractivity contribution in [1.29, 1.82) is 0 Å². The van der Waals surface area contributed by atoms with Gasteiger partial charge in [-0.1, -0.05) is 12.1 Å². The maximum absolute atomic E-state index is 13.7. The molecule has 0 spiro atoms. The Morgan fingerprint density at radius 3 is 2.55 bits per heavy atom. The minimum Gasteiger partial charge on any atom is -0.317 e. The zero-order valence-corrected chi connectivity index (χ0v) is 11.8. The first-order valence-corrected chi connectivity index (χ1v) is 6.52. The van der Waals surface area contributed by atoms with Crippen molar-refractivity contribution in [3.63, 3.8) is 0 Å². The Kier molecular flexibility index (Phi) is 4.62. The third-order valence-corrected chi connectivity index (χ3v) is 3.62. The van der Waals surface area contributed by atoms with Crippen LogP contribution in [0, 0.1) is 5.82 Å². The summed E-state index contributed by atoms with van der Waals surface area (Å²) >= 11 is 0. The lowest BCUT2D eigenvalue weighted by atomic mass is 10.1. The molecule has 6 heteroatoms. The molecular formula is C14H17ClFN3O. The molecule has 2 aromatic rings. The van der Waals surface area contributed by atoms with E-state index in [0.29, 0.717) is 5.69 Å². The standard InChI is InChI=1S/C14H16FN3O.ClH/c15-12-3-1-2-4-13(12)18-10-9-17(14(18)19)11-5-7-16-8-6-11;/h1-4,9-11,16H,5-8H2;1H. The number of nitrogens with one attached hydrogen (secondary N) is 1. The van der Waals surface area contributed by atoms with Crippen LogP contribution in [0.2, 0.25) is 0 Å².